The molecule has 2 aromatic rings. The summed E-state index contributed by atoms with van der Waals surface area (Å²) in [5.41, 5.74) is 3.89. The van der Waals surface area contributed by atoms with Crippen LogP contribution in [0.1, 0.15) is 16.7 Å². The monoisotopic (exact) mass is 368 g/mol. The number of hydrogen-bond donors (Lipinski definition) is 1. The zero-order valence-corrected chi connectivity index (χ0v) is 15.9. The standard InChI is InChI=1S/C20H20N2O3S/c1-12-7-5-9-15(13(12)2)21-20-22-19(23)17(26-20)11-14-8-6-10-16(24-3)18(14)25-4/h5-11H,1-4H3,(H,21,22,23)/b17-11-. The number of rotatable bonds is 4. The van der Waals surface area contributed by atoms with Gasteiger partial charge in [-0.2, -0.15) is 0 Å². The molecule has 0 unspecified atom stereocenters. The minimum Gasteiger partial charge on any atom is -0.493 e. The Bertz CT molecular complexity index is 919. The molecule has 1 amide bonds. The predicted octanol–water partition coefficient (Wildman–Crippen LogP) is 4.21. The Labute approximate surface area is 157 Å². The van der Waals surface area contributed by atoms with E-state index in [1.165, 1.54) is 11.8 Å². The Hall–Kier alpha value is -2.73. The second-order valence-corrected chi connectivity index (χ2v) is 6.81. The van der Waals surface area contributed by atoms with Crippen LogP contribution in [0.2, 0.25) is 0 Å². The van der Waals surface area contributed by atoms with Crippen molar-refractivity contribution in [3.05, 3.63) is 58.0 Å². The molecular formula is C20H20N2O3S. The van der Waals surface area contributed by atoms with E-state index in [2.05, 4.69) is 10.3 Å². The van der Waals surface area contributed by atoms with Crippen LogP contribution in [-0.2, 0) is 4.79 Å². The summed E-state index contributed by atoms with van der Waals surface area (Å²) < 4.78 is 10.7. The van der Waals surface area contributed by atoms with E-state index in [-0.39, 0.29) is 5.91 Å². The number of ether oxygens (including phenoxy) is 2. The first-order chi connectivity index (χ1) is 12.5. The molecule has 1 aliphatic rings. The largest absolute Gasteiger partial charge is 0.493 e. The number of nitrogens with zero attached hydrogens (tertiary/aromatic N) is 1. The fraction of sp³-hybridized carbons (Fsp3) is 0.200. The van der Waals surface area contributed by atoms with E-state index in [1.807, 2.05) is 50.2 Å². The number of aliphatic imine (C=N–C) groups is 1. The quantitative estimate of drug-likeness (QED) is 0.821. The van der Waals surface area contributed by atoms with Crippen molar-refractivity contribution in [3.63, 3.8) is 0 Å². The number of aryl methyl sites for hydroxylation is 1. The summed E-state index contributed by atoms with van der Waals surface area (Å²) in [7, 11) is 3.16. The molecule has 0 spiro atoms. The molecule has 0 atom stereocenters. The van der Waals surface area contributed by atoms with Gasteiger partial charge in [0.2, 0.25) is 0 Å². The third-order valence-electron chi connectivity index (χ3n) is 4.17. The van der Waals surface area contributed by atoms with E-state index in [4.69, 9.17) is 9.47 Å². The highest BCUT2D eigenvalue weighted by Crippen LogP contribution is 2.35. The van der Waals surface area contributed by atoms with Gasteiger partial charge in [0.15, 0.2) is 16.7 Å². The fourth-order valence-electron chi connectivity index (χ4n) is 2.61. The van der Waals surface area contributed by atoms with Crippen molar-refractivity contribution in [2.24, 2.45) is 4.99 Å². The van der Waals surface area contributed by atoms with Gasteiger partial charge in [-0.1, -0.05) is 24.3 Å². The van der Waals surface area contributed by atoms with Gasteiger partial charge in [-0.3, -0.25) is 4.79 Å². The van der Waals surface area contributed by atoms with Crippen molar-refractivity contribution >= 4 is 34.6 Å². The molecule has 1 saturated heterocycles. The van der Waals surface area contributed by atoms with Crippen LogP contribution < -0.4 is 14.8 Å². The Morgan fingerprint density at radius 2 is 1.85 bits per heavy atom. The third-order valence-corrected chi connectivity index (χ3v) is 5.08. The molecule has 0 bridgehead atoms. The summed E-state index contributed by atoms with van der Waals surface area (Å²) in [5.74, 6) is 1.04. The van der Waals surface area contributed by atoms with E-state index in [1.54, 1.807) is 20.3 Å². The normalized spacial score (nSPS) is 16.8. The summed E-state index contributed by atoms with van der Waals surface area (Å²) >= 11 is 1.31. The maximum atomic E-state index is 12.3. The minimum atomic E-state index is -0.177. The van der Waals surface area contributed by atoms with Gasteiger partial charge < -0.3 is 14.8 Å². The lowest BCUT2D eigenvalue weighted by atomic mass is 10.1. The summed E-state index contributed by atoms with van der Waals surface area (Å²) in [6.45, 7) is 4.06. The SMILES string of the molecule is COc1cccc(/C=C2\SC(=Nc3cccc(C)c3C)NC2=O)c1OC. The second-order valence-electron chi connectivity index (χ2n) is 5.78. The number of benzene rings is 2. The summed E-state index contributed by atoms with van der Waals surface area (Å²) in [4.78, 5) is 17.5. The Morgan fingerprint density at radius 3 is 2.58 bits per heavy atom. The van der Waals surface area contributed by atoms with Crippen molar-refractivity contribution in [2.75, 3.05) is 14.2 Å². The number of methoxy groups -OCH3 is 2. The number of nitrogens with one attached hydrogen (secondary N) is 1. The van der Waals surface area contributed by atoms with Crippen molar-refractivity contribution in [3.8, 4) is 11.5 Å². The smallest absolute Gasteiger partial charge is 0.264 e. The van der Waals surface area contributed by atoms with Crippen molar-refractivity contribution in [1.82, 2.24) is 5.32 Å². The second kappa shape index (κ2) is 7.66. The van der Waals surface area contributed by atoms with Gasteiger partial charge in [0, 0.05) is 5.56 Å². The van der Waals surface area contributed by atoms with Crippen molar-refractivity contribution in [2.45, 2.75) is 13.8 Å². The molecule has 0 aliphatic carbocycles. The van der Waals surface area contributed by atoms with E-state index in [9.17, 15) is 4.79 Å². The summed E-state index contributed by atoms with van der Waals surface area (Å²) in [5, 5.41) is 3.39. The van der Waals surface area contributed by atoms with Crippen LogP contribution in [0.15, 0.2) is 46.3 Å². The van der Waals surface area contributed by atoms with Gasteiger partial charge in [-0.05, 0) is 54.9 Å². The Kier molecular flexibility index (Phi) is 5.32. The number of hydrogen-bond acceptors (Lipinski definition) is 5. The number of carbonyl (C=O) groups is 1. The molecular weight excluding hydrogens is 348 g/mol. The van der Waals surface area contributed by atoms with Gasteiger partial charge in [-0.25, -0.2) is 4.99 Å². The maximum Gasteiger partial charge on any atom is 0.264 e. The molecule has 1 N–H and O–H groups in total. The topological polar surface area (TPSA) is 59.9 Å². The lowest BCUT2D eigenvalue weighted by molar-refractivity contribution is -0.115. The lowest BCUT2D eigenvalue weighted by Gasteiger charge is -2.10. The van der Waals surface area contributed by atoms with Gasteiger partial charge in [0.25, 0.3) is 5.91 Å². The number of para-hydroxylation sites is 1. The molecule has 5 nitrogen and oxygen atoms in total. The highest BCUT2D eigenvalue weighted by atomic mass is 32.2. The van der Waals surface area contributed by atoms with E-state index in [0.717, 1.165) is 22.4 Å². The Balaban J connectivity index is 1.92. The highest BCUT2D eigenvalue weighted by molar-refractivity contribution is 8.18. The van der Waals surface area contributed by atoms with Crippen molar-refractivity contribution in [1.29, 1.82) is 0 Å². The van der Waals surface area contributed by atoms with Crippen LogP contribution >= 0.6 is 11.8 Å². The first kappa shape index (κ1) is 18.1. The third kappa shape index (κ3) is 3.60. The van der Waals surface area contributed by atoms with Crippen LogP contribution in [-0.4, -0.2) is 25.3 Å². The zero-order chi connectivity index (χ0) is 18.7. The van der Waals surface area contributed by atoms with E-state index in [0.29, 0.717) is 21.6 Å². The molecule has 1 heterocycles. The van der Waals surface area contributed by atoms with E-state index < -0.39 is 0 Å². The minimum absolute atomic E-state index is 0.177. The number of amidine groups is 1. The average molecular weight is 368 g/mol. The molecule has 3 rings (SSSR count). The molecule has 134 valence electrons. The zero-order valence-electron chi connectivity index (χ0n) is 15.1. The van der Waals surface area contributed by atoms with Gasteiger partial charge in [0.05, 0.1) is 24.8 Å². The maximum absolute atomic E-state index is 12.3. The molecule has 1 aliphatic heterocycles. The first-order valence-corrected chi connectivity index (χ1v) is 8.92. The molecule has 6 heteroatoms. The van der Waals surface area contributed by atoms with E-state index >= 15 is 0 Å². The Morgan fingerprint density at radius 1 is 1.08 bits per heavy atom. The number of thioether (sulfide) groups is 1. The van der Waals surface area contributed by atoms with Crippen LogP contribution in [0.4, 0.5) is 5.69 Å². The highest BCUT2D eigenvalue weighted by Gasteiger charge is 2.24. The molecule has 0 saturated carbocycles. The average Bonchev–Trinajstić information content (AvgIpc) is 2.97. The molecule has 2 aromatic carbocycles. The number of amides is 1. The first-order valence-electron chi connectivity index (χ1n) is 8.10. The molecule has 26 heavy (non-hydrogen) atoms. The van der Waals surface area contributed by atoms with Crippen LogP contribution in [0.25, 0.3) is 6.08 Å². The van der Waals surface area contributed by atoms with Gasteiger partial charge in [0.1, 0.15) is 0 Å². The summed E-state index contributed by atoms with van der Waals surface area (Å²) in [6, 6.07) is 11.5. The van der Waals surface area contributed by atoms with Crippen molar-refractivity contribution < 1.29 is 14.3 Å². The van der Waals surface area contributed by atoms with Gasteiger partial charge in [-0.15, -0.1) is 0 Å². The molecule has 0 radical (unpaired) electrons. The predicted molar refractivity (Wildman–Crippen MR) is 106 cm³/mol. The lowest BCUT2D eigenvalue weighted by Crippen LogP contribution is -2.19. The van der Waals surface area contributed by atoms with Gasteiger partial charge >= 0.3 is 0 Å². The van der Waals surface area contributed by atoms with Crippen LogP contribution in [0.5, 0.6) is 11.5 Å². The number of carbonyl (C=O) groups excluding carboxylic acids is 1. The molecule has 0 aromatic heterocycles. The van der Waals surface area contributed by atoms with Crippen LogP contribution in [0.3, 0.4) is 0 Å². The fourth-order valence-corrected chi connectivity index (χ4v) is 3.44. The van der Waals surface area contributed by atoms with Crippen LogP contribution in [0, 0.1) is 13.8 Å². The molecule has 1 fully saturated rings. The summed E-state index contributed by atoms with van der Waals surface area (Å²) in [6.07, 6.45) is 1.78.